The number of aryl methyl sites for hydroxylation is 2. The Morgan fingerprint density at radius 1 is 1.10 bits per heavy atom. The van der Waals surface area contributed by atoms with Gasteiger partial charge in [-0.15, -0.1) is 0 Å². The summed E-state index contributed by atoms with van der Waals surface area (Å²) in [5, 5.41) is 6.76. The molecule has 2 N–H and O–H groups in total. The van der Waals surface area contributed by atoms with Crippen LogP contribution in [0.2, 0.25) is 0 Å². The van der Waals surface area contributed by atoms with Gasteiger partial charge in [0.2, 0.25) is 11.9 Å². The smallest absolute Gasteiger partial charge is 0.265 e. The second-order valence-electron chi connectivity index (χ2n) is 7.48. The molecule has 0 bridgehead atoms. The third kappa shape index (κ3) is 3.77. The Morgan fingerprint density at radius 2 is 1.90 bits per heavy atom. The van der Waals surface area contributed by atoms with Gasteiger partial charge in [0.05, 0.1) is 11.3 Å². The van der Waals surface area contributed by atoms with E-state index in [9.17, 15) is 9.59 Å². The fourth-order valence-corrected chi connectivity index (χ4v) is 4.46. The van der Waals surface area contributed by atoms with Gasteiger partial charge < -0.3 is 10.6 Å². The predicted molar refractivity (Wildman–Crippen MR) is 122 cm³/mol. The molecule has 0 atom stereocenters. The molecular formula is C23H19N5O2S. The van der Waals surface area contributed by atoms with Gasteiger partial charge in [0.25, 0.3) is 5.56 Å². The lowest BCUT2D eigenvalue weighted by Crippen LogP contribution is -2.19. The van der Waals surface area contributed by atoms with Gasteiger partial charge in [-0.1, -0.05) is 29.5 Å². The van der Waals surface area contributed by atoms with Crippen molar-refractivity contribution in [3.8, 4) is 0 Å². The average Bonchev–Trinajstić information content (AvgIpc) is 3.13. The van der Waals surface area contributed by atoms with E-state index in [1.165, 1.54) is 17.3 Å². The van der Waals surface area contributed by atoms with Gasteiger partial charge >= 0.3 is 0 Å². The number of anilines is 3. The van der Waals surface area contributed by atoms with Crippen LogP contribution in [0.15, 0.2) is 69.3 Å². The number of nitrogens with zero attached hydrogens (tertiary/aromatic N) is 3. The summed E-state index contributed by atoms with van der Waals surface area (Å²) in [5.74, 6) is 0.377. The predicted octanol–water partition coefficient (Wildman–Crippen LogP) is 4.03. The van der Waals surface area contributed by atoms with Crippen LogP contribution >= 0.6 is 11.8 Å². The number of hydrogen-bond donors (Lipinski definition) is 2. The molecule has 5 rings (SSSR count). The van der Waals surface area contributed by atoms with Crippen LogP contribution in [-0.4, -0.2) is 20.4 Å². The third-order valence-electron chi connectivity index (χ3n) is 5.15. The summed E-state index contributed by atoms with van der Waals surface area (Å²) in [5.41, 5.74) is 4.16. The molecule has 1 aliphatic rings. The van der Waals surface area contributed by atoms with E-state index in [0.29, 0.717) is 22.9 Å². The number of benzene rings is 2. The number of pyridine rings is 1. The Balaban J connectivity index is 1.45. The number of carbonyl (C=O) groups excluding carboxylic acids is 1. The molecule has 1 amide bonds. The Morgan fingerprint density at radius 3 is 2.71 bits per heavy atom. The van der Waals surface area contributed by atoms with Crippen LogP contribution in [0.4, 0.5) is 17.3 Å². The van der Waals surface area contributed by atoms with Gasteiger partial charge in [-0.3, -0.25) is 14.2 Å². The van der Waals surface area contributed by atoms with Crippen molar-refractivity contribution in [2.24, 2.45) is 7.05 Å². The number of fused-ring (bicyclic) bond motifs is 2. The SMILES string of the molecule is Cc1ccc(Sc2cc3cnc(Nc4ccc5c(c4)CC(=O)N5)nc3n(C)c2=O)cc1. The number of carbonyl (C=O) groups is 1. The minimum Gasteiger partial charge on any atom is -0.326 e. The third-order valence-corrected chi connectivity index (χ3v) is 6.17. The standard InChI is InChI=1S/C23H19N5O2S/c1-13-3-6-17(7-4-13)31-19-10-15-12-24-23(27-21(15)28(2)22(19)30)25-16-5-8-18-14(9-16)11-20(29)26-18/h3-10,12H,11H2,1-2H3,(H,26,29)(H,24,25,27). The van der Waals surface area contributed by atoms with E-state index in [0.717, 1.165) is 27.2 Å². The number of hydrogen-bond acceptors (Lipinski definition) is 6. The van der Waals surface area contributed by atoms with Gasteiger partial charge in [0, 0.05) is 34.9 Å². The normalized spacial score (nSPS) is 12.6. The molecule has 8 heteroatoms. The van der Waals surface area contributed by atoms with E-state index in [1.54, 1.807) is 17.8 Å². The zero-order valence-corrected chi connectivity index (χ0v) is 17.8. The maximum Gasteiger partial charge on any atom is 0.265 e. The van der Waals surface area contributed by atoms with Crippen LogP contribution in [0.25, 0.3) is 11.0 Å². The van der Waals surface area contributed by atoms with E-state index in [4.69, 9.17) is 0 Å². The highest BCUT2D eigenvalue weighted by Gasteiger charge is 2.18. The van der Waals surface area contributed by atoms with E-state index in [2.05, 4.69) is 20.6 Å². The van der Waals surface area contributed by atoms with Crippen LogP contribution < -0.4 is 16.2 Å². The fourth-order valence-electron chi connectivity index (χ4n) is 3.52. The second kappa shape index (κ2) is 7.55. The maximum atomic E-state index is 12.9. The Kier molecular flexibility index (Phi) is 4.71. The lowest BCUT2D eigenvalue weighted by Gasteiger charge is -2.11. The van der Waals surface area contributed by atoms with Crippen LogP contribution in [0.3, 0.4) is 0 Å². The number of nitrogens with one attached hydrogen (secondary N) is 2. The van der Waals surface area contributed by atoms with E-state index in [1.807, 2.05) is 55.5 Å². The van der Waals surface area contributed by atoms with Crippen molar-refractivity contribution in [1.29, 1.82) is 0 Å². The van der Waals surface area contributed by atoms with Gasteiger partial charge in [0.15, 0.2) is 0 Å². The van der Waals surface area contributed by atoms with Crippen molar-refractivity contribution >= 4 is 46.0 Å². The molecule has 0 fully saturated rings. The molecule has 31 heavy (non-hydrogen) atoms. The van der Waals surface area contributed by atoms with Crippen LogP contribution in [0.5, 0.6) is 0 Å². The monoisotopic (exact) mass is 429 g/mol. The summed E-state index contributed by atoms with van der Waals surface area (Å²) in [7, 11) is 1.72. The molecule has 0 unspecified atom stereocenters. The van der Waals surface area contributed by atoms with Crippen molar-refractivity contribution in [1.82, 2.24) is 14.5 Å². The molecule has 4 aromatic rings. The lowest BCUT2D eigenvalue weighted by atomic mass is 10.1. The summed E-state index contributed by atoms with van der Waals surface area (Å²) in [6.07, 6.45) is 2.07. The summed E-state index contributed by atoms with van der Waals surface area (Å²) in [6.45, 7) is 2.03. The van der Waals surface area contributed by atoms with Crippen molar-refractivity contribution in [2.45, 2.75) is 23.1 Å². The van der Waals surface area contributed by atoms with Crippen LogP contribution in [0.1, 0.15) is 11.1 Å². The largest absolute Gasteiger partial charge is 0.326 e. The molecule has 2 aromatic carbocycles. The molecule has 0 aliphatic carbocycles. The Hall–Kier alpha value is -3.65. The Bertz CT molecular complexity index is 1400. The van der Waals surface area contributed by atoms with Crippen LogP contribution in [0, 0.1) is 6.92 Å². The number of amides is 1. The average molecular weight is 430 g/mol. The topological polar surface area (TPSA) is 88.9 Å². The molecule has 1 aliphatic heterocycles. The zero-order valence-electron chi connectivity index (χ0n) is 17.0. The molecule has 154 valence electrons. The highest BCUT2D eigenvalue weighted by Crippen LogP contribution is 2.29. The van der Waals surface area contributed by atoms with Crippen molar-refractivity contribution in [3.05, 3.63) is 76.2 Å². The van der Waals surface area contributed by atoms with Gasteiger partial charge in [-0.2, -0.15) is 4.98 Å². The lowest BCUT2D eigenvalue weighted by molar-refractivity contribution is -0.115. The van der Waals surface area contributed by atoms with Crippen LogP contribution in [-0.2, 0) is 18.3 Å². The van der Waals surface area contributed by atoms with Gasteiger partial charge in [-0.25, -0.2) is 4.98 Å². The quantitative estimate of drug-likeness (QED) is 0.509. The minimum absolute atomic E-state index is 0.0107. The summed E-state index contributed by atoms with van der Waals surface area (Å²) in [6, 6.07) is 15.5. The first-order valence-electron chi connectivity index (χ1n) is 9.77. The van der Waals surface area contributed by atoms with E-state index in [-0.39, 0.29) is 11.5 Å². The fraction of sp³-hybridized carbons (Fsp3) is 0.130. The molecule has 2 aromatic heterocycles. The van der Waals surface area contributed by atoms with Crippen molar-refractivity contribution in [2.75, 3.05) is 10.6 Å². The van der Waals surface area contributed by atoms with Gasteiger partial charge in [0.1, 0.15) is 5.65 Å². The summed E-state index contributed by atoms with van der Waals surface area (Å²) < 4.78 is 1.55. The molecule has 0 spiro atoms. The maximum absolute atomic E-state index is 12.9. The van der Waals surface area contributed by atoms with Crippen molar-refractivity contribution in [3.63, 3.8) is 0 Å². The second-order valence-corrected chi connectivity index (χ2v) is 8.60. The highest BCUT2D eigenvalue weighted by molar-refractivity contribution is 7.99. The van der Waals surface area contributed by atoms with Crippen molar-refractivity contribution < 1.29 is 4.79 Å². The minimum atomic E-state index is -0.107. The zero-order chi connectivity index (χ0) is 21.5. The molecule has 7 nitrogen and oxygen atoms in total. The number of rotatable bonds is 4. The Labute approximate surface area is 182 Å². The first-order valence-corrected chi connectivity index (χ1v) is 10.6. The molecule has 0 radical (unpaired) electrons. The molecule has 0 saturated carbocycles. The molecular weight excluding hydrogens is 410 g/mol. The first kappa shape index (κ1) is 19.3. The van der Waals surface area contributed by atoms with E-state index >= 15 is 0 Å². The highest BCUT2D eigenvalue weighted by atomic mass is 32.2. The molecule has 3 heterocycles. The summed E-state index contributed by atoms with van der Waals surface area (Å²) in [4.78, 5) is 35.0. The first-order chi connectivity index (χ1) is 15.0. The van der Waals surface area contributed by atoms with Gasteiger partial charge in [-0.05, 0) is 48.9 Å². The van der Waals surface area contributed by atoms with E-state index < -0.39 is 0 Å². The molecule has 0 saturated heterocycles. The number of aromatic nitrogens is 3. The summed E-state index contributed by atoms with van der Waals surface area (Å²) >= 11 is 1.43.